The van der Waals surface area contributed by atoms with Gasteiger partial charge in [-0.3, -0.25) is 0 Å². The van der Waals surface area contributed by atoms with E-state index in [0.717, 1.165) is 5.56 Å². The Kier molecular flexibility index (Phi) is 6.55. The van der Waals surface area contributed by atoms with Crippen molar-refractivity contribution in [1.29, 1.82) is 0 Å². The number of carbonyl (C=O) groups is 1. The van der Waals surface area contributed by atoms with Crippen LogP contribution in [0.3, 0.4) is 0 Å². The number of halogens is 3. The first-order chi connectivity index (χ1) is 11.3. The SMILES string of the molecule is Cc1c(Cl)cc(OC(=O)c2ccc(OCC(C)C)c(Br)c2)cc1Cl. The van der Waals surface area contributed by atoms with E-state index in [1.54, 1.807) is 37.3 Å². The third kappa shape index (κ3) is 4.88. The van der Waals surface area contributed by atoms with E-state index in [1.807, 2.05) is 0 Å². The minimum absolute atomic E-state index is 0.303. The Morgan fingerprint density at radius 3 is 2.33 bits per heavy atom. The molecule has 0 heterocycles. The molecule has 128 valence electrons. The summed E-state index contributed by atoms with van der Waals surface area (Å²) in [5.41, 5.74) is 1.14. The number of benzene rings is 2. The summed E-state index contributed by atoms with van der Waals surface area (Å²) in [7, 11) is 0. The van der Waals surface area contributed by atoms with E-state index in [4.69, 9.17) is 32.7 Å². The average Bonchev–Trinajstić information content (AvgIpc) is 2.51. The second kappa shape index (κ2) is 8.24. The molecule has 0 aromatic heterocycles. The molecule has 6 heteroatoms. The van der Waals surface area contributed by atoms with Crippen LogP contribution in [0.15, 0.2) is 34.8 Å². The summed E-state index contributed by atoms with van der Waals surface area (Å²) in [5, 5.41) is 0.896. The van der Waals surface area contributed by atoms with Crippen molar-refractivity contribution in [2.24, 2.45) is 5.92 Å². The Morgan fingerprint density at radius 2 is 1.79 bits per heavy atom. The minimum atomic E-state index is -0.498. The van der Waals surface area contributed by atoms with E-state index in [-0.39, 0.29) is 0 Å². The van der Waals surface area contributed by atoms with Crippen molar-refractivity contribution < 1.29 is 14.3 Å². The molecular formula is C18H17BrCl2O3. The van der Waals surface area contributed by atoms with Crippen LogP contribution in [-0.2, 0) is 0 Å². The molecule has 0 spiro atoms. The van der Waals surface area contributed by atoms with Gasteiger partial charge in [-0.15, -0.1) is 0 Å². The van der Waals surface area contributed by atoms with Gasteiger partial charge in [-0.25, -0.2) is 4.79 Å². The zero-order valence-electron chi connectivity index (χ0n) is 13.5. The van der Waals surface area contributed by atoms with Gasteiger partial charge in [0.15, 0.2) is 0 Å². The number of hydrogen-bond donors (Lipinski definition) is 0. The zero-order chi connectivity index (χ0) is 17.9. The molecule has 0 fully saturated rings. The number of ether oxygens (including phenoxy) is 2. The first kappa shape index (κ1) is 19.1. The van der Waals surface area contributed by atoms with Crippen molar-refractivity contribution in [3.05, 3.63) is 56.0 Å². The largest absolute Gasteiger partial charge is 0.492 e. The molecule has 0 aliphatic heterocycles. The van der Waals surface area contributed by atoms with E-state index in [9.17, 15) is 4.79 Å². The normalized spacial score (nSPS) is 10.8. The van der Waals surface area contributed by atoms with Crippen LogP contribution in [0.2, 0.25) is 10.0 Å². The maximum atomic E-state index is 12.3. The molecule has 0 aliphatic carbocycles. The molecule has 0 saturated heterocycles. The van der Waals surface area contributed by atoms with E-state index >= 15 is 0 Å². The number of hydrogen-bond acceptors (Lipinski definition) is 3. The van der Waals surface area contributed by atoms with Crippen LogP contribution in [0.5, 0.6) is 11.5 Å². The molecular weight excluding hydrogens is 415 g/mol. The average molecular weight is 432 g/mol. The summed E-state index contributed by atoms with van der Waals surface area (Å²) in [6.07, 6.45) is 0. The molecule has 2 rings (SSSR count). The molecule has 0 unspecified atom stereocenters. The van der Waals surface area contributed by atoms with Crippen molar-refractivity contribution in [3.8, 4) is 11.5 Å². The van der Waals surface area contributed by atoms with Gasteiger partial charge in [0, 0.05) is 10.0 Å². The molecule has 0 saturated carbocycles. The van der Waals surface area contributed by atoms with Gasteiger partial charge < -0.3 is 9.47 Å². The molecule has 2 aromatic carbocycles. The summed E-state index contributed by atoms with van der Waals surface area (Å²) >= 11 is 15.5. The third-order valence-electron chi connectivity index (χ3n) is 3.20. The number of carbonyl (C=O) groups excluding carboxylic acids is 1. The monoisotopic (exact) mass is 430 g/mol. The van der Waals surface area contributed by atoms with Gasteiger partial charge in [0.1, 0.15) is 11.5 Å². The highest BCUT2D eigenvalue weighted by Crippen LogP contribution is 2.31. The van der Waals surface area contributed by atoms with Crippen molar-refractivity contribution in [3.63, 3.8) is 0 Å². The molecule has 0 aliphatic rings. The fraction of sp³-hybridized carbons (Fsp3) is 0.278. The Bertz CT molecular complexity index is 737. The molecule has 0 amide bonds. The van der Waals surface area contributed by atoms with Crippen LogP contribution in [0.1, 0.15) is 29.8 Å². The summed E-state index contributed by atoms with van der Waals surface area (Å²) in [6.45, 7) is 6.53. The fourth-order valence-electron chi connectivity index (χ4n) is 1.85. The maximum Gasteiger partial charge on any atom is 0.343 e. The summed E-state index contributed by atoms with van der Waals surface area (Å²) in [5.74, 6) is 0.901. The fourth-order valence-corrected chi connectivity index (χ4v) is 2.81. The molecule has 2 aromatic rings. The molecule has 0 radical (unpaired) electrons. The van der Waals surface area contributed by atoms with Gasteiger partial charge in [0.2, 0.25) is 0 Å². The number of rotatable bonds is 5. The predicted octanol–water partition coefficient (Wildman–Crippen LogP) is 6.32. The Balaban J connectivity index is 2.14. The van der Waals surface area contributed by atoms with Crippen LogP contribution in [0, 0.1) is 12.8 Å². The van der Waals surface area contributed by atoms with Crippen molar-refractivity contribution >= 4 is 45.1 Å². The van der Waals surface area contributed by atoms with E-state index in [0.29, 0.717) is 44.1 Å². The molecule has 0 atom stereocenters. The van der Waals surface area contributed by atoms with E-state index < -0.39 is 5.97 Å². The smallest absolute Gasteiger partial charge is 0.343 e. The molecule has 0 N–H and O–H groups in total. The summed E-state index contributed by atoms with van der Waals surface area (Å²) < 4.78 is 11.7. The van der Waals surface area contributed by atoms with Gasteiger partial charge in [0.25, 0.3) is 0 Å². The van der Waals surface area contributed by atoms with Crippen LogP contribution in [0.4, 0.5) is 0 Å². The highest BCUT2D eigenvalue weighted by atomic mass is 79.9. The van der Waals surface area contributed by atoms with Crippen LogP contribution < -0.4 is 9.47 Å². The molecule has 3 nitrogen and oxygen atoms in total. The quantitative estimate of drug-likeness (QED) is 0.410. The first-order valence-electron chi connectivity index (χ1n) is 7.38. The van der Waals surface area contributed by atoms with Crippen molar-refractivity contribution in [2.75, 3.05) is 6.61 Å². The van der Waals surface area contributed by atoms with Gasteiger partial charge in [-0.05, 0) is 64.7 Å². The van der Waals surface area contributed by atoms with E-state index in [1.165, 1.54) is 0 Å². The lowest BCUT2D eigenvalue weighted by atomic mass is 10.2. The van der Waals surface area contributed by atoms with Gasteiger partial charge in [0.05, 0.1) is 16.6 Å². The Morgan fingerprint density at radius 1 is 1.17 bits per heavy atom. The number of esters is 1. The predicted molar refractivity (Wildman–Crippen MR) is 101 cm³/mol. The van der Waals surface area contributed by atoms with Crippen LogP contribution >= 0.6 is 39.1 Å². The standard InChI is InChI=1S/C18H17BrCl2O3/c1-10(2)9-23-17-5-4-12(6-14(17)19)18(22)24-13-7-15(20)11(3)16(21)8-13/h4-8,10H,9H2,1-3H3. The topological polar surface area (TPSA) is 35.5 Å². The first-order valence-corrected chi connectivity index (χ1v) is 8.93. The molecule has 0 bridgehead atoms. The summed E-state index contributed by atoms with van der Waals surface area (Å²) in [6, 6.07) is 8.18. The van der Waals surface area contributed by atoms with Gasteiger partial charge in [-0.2, -0.15) is 0 Å². The van der Waals surface area contributed by atoms with E-state index in [2.05, 4.69) is 29.8 Å². The van der Waals surface area contributed by atoms with Crippen LogP contribution in [0.25, 0.3) is 0 Å². The van der Waals surface area contributed by atoms with Gasteiger partial charge in [-0.1, -0.05) is 37.0 Å². The lowest BCUT2D eigenvalue weighted by Crippen LogP contribution is -2.09. The second-order valence-electron chi connectivity index (χ2n) is 5.75. The Hall–Kier alpha value is -1.23. The molecule has 24 heavy (non-hydrogen) atoms. The highest BCUT2D eigenvalue weighted by Gasteiger charge is 2.14. The lowest BCUT2D eigenvalue weighted by Gasteiger charge is -2.12. The van der Waals surface area contributed by atoms with Crippen molar-refractivity contribution in [1.82, 2.24) is 0 Å². The highest BCUT2D eigenvalue weighted by molar-refractivity contribution is 9.10. The van der Waals surface area contributed by atoms with Crippen molar-refractivity contribution in [2.45, 2.75) is 20.8 Å². The minimum Gasteiger partial charge on any atom is -0.492 e. The lowest BCUT2D eigenvalue weighted by molar-refractivity contribution is 0.0734. The zero-order valence-corrected chi connectivity index (χ0v) is 16.6. The third-order valence-corrected chi connectivity index (χ3v) is 4.61. The van der Waals surface area contributed by atoms with Gasteiger partial charge >= 0.3 is 5.97 Å². The van der Waals surface area contributed by atoms with Crippen LogP contribution in [-0.4, -0.2) is 12.6 Å². The maximum absolute atomic E-state index is 12.3. The summed E-state index contributed by atoms with van der Waals surface area (Å²) in [4.78, 5) is 12.3. The Labute approximate surface area is 160 Å². The second-order valence-corrected chi connectivity index (χ2v) is 7.42.